The third kappa shape index (κ3) is 2.67. The minimum absolute atomic E-state index is 0.0132. The van der Waals surface area contributed by atoms with Crippen LogP contribution in [-0.2, 0) is 4.79 Å². The van der Waals surface area contributed by atoms with Gasteiger partial charge in [-0.2, -0.15) is 0 Å². The van der Waals surface area contributed by atoms with Crippen LogP contribution in [-0.4, -0.2) is 29.8 Å². The first-order valence-electron chi connectivity index (χ1n) is 7.84. The molecule has 0 radical (unpaired) electrons. The fourth-order valence-electron chi connectivity index (χ4n) is 2.94. The van der Waals surface area contributed by atoms with Gasteiger partial charge in [-0.1, -0.05) is 42.5 Å². The molecule has 3 aromatic rings. The van der Waals surface area contributed by atoms with Gasteiger partial charge in [0.2, 0.25) is 5.91 Å². The van der Waals surface area contributed by atoms with Crippen molar-refractivity contribution < 1.29 is 9.59 Å². The first-order valence-corrected chi connectivity index (χ1v) is 8.72. The summed E-state index contributed by atoms with van der Waals surface area (Å²) in [6.45, 7) is 0.959. The summed E-state index contributed by atoms with van der Waals surface area (Å²) in [5.74, 6) is -0.159. The fourth-order valence-corrected chi connectivity index (χ4v) is 3.63. The van der Waals surface area contributed by atoms with E-state index in [1.165, 1.54) is 11.3 Å². The number of benzene rings is 2. The largest absolute Gasteiger partial charge is 0.336 e. The fraction of sp³-hybridized carbons (Fsp3) is 0.158. The van der Waals surface area contributed by atoms with Crippen molar-refractivity contribution in [2.75, 3.05) is 18.4 Å². The van der Waals surface area contributed by atoms with Crippen molar-refractivity contribution in [2.24, 2.45) is 5.92 Å². The van der Waals surface area contributed by atoms with Crippen LogP contribution in [0.3, 0.4) is 0 Å². The van der Waals surface area contributed by atoms with Crippen molar-refractivity contribution in [2.45, 2.75) is 0 Å². The molecular formula is C19H16N2O2S. The Balaban J connectivity index is 1.42. The molecule has 1 fully saturated rings. The number of carbonyl (C=O) groups excluding carboxylic acids is 2. The number of fused-ring (bicyclic) bond motifs is 1. The maximum atomic E-state index is 12.4. The van der Waals surface area contributed by atoms with Crippen molar-refractivity contribution in [3.05, 3.63) is 64.9 Å². The van der Waals surface area contributed by atoms with Gasteiger partial charge >= 0.3 is 0 Å². The summed E-state index contributed by atoms with van der Waals surface area (Å²) in [7, 11) is 0. The molecule has 24 heavy (non-hydrogen) atoms. The van der Waals surface area contributed by atoms with Crippen molar-refractivity contribution in [3.63, 3.8) is 0 Å². The predicted molar refractivity (Wildman–Crippen MR) is 96.3 cm³/mol. The third-order valence-corrected chi connectivity index (χ3v) is 5.18. The molecule has 0 spiro atoms. The second-order valence-corrected chi connectivity index (χ2v) is 6.85. The summed E-state index contributed by atoms with van der Waals surface area (Å²) in [4.78, 5) is 27.1. The summed E-state index contributed by atoms with van der Waals surface area (Å²) in [5, 5.41) is 7.02. The molecule has 1 aromatic heterocycles. The van der Waals surface area contributed by atoms with Crippen LogP contribution in [0, 0.1) is 5.92 Å². The SMILES string of the molecule is O=C(Nc1cccc2ccccc12)C1CN(C(=O)c2cccs2)C1. The van der Waals surface area contributed by atoms with Crippen LogP contribution in [0.1, 0.15) is 9.67 Å². The highest BCUT2D eigenvalue weighted by molar-refractivity contribution is 7.12. The number of hydrogen-bond acceptors (Lipinski definition) is 3. The zero-order chi connectivity index (χ0) is 16.5. The first kappa shape index (κ1) is 14.9. The smallest absolute Gasteiger partial charge is 0.263 e. The Morgan fingerprint density at radius 2 is 1.79 bits per heavy atom. The standard InChI is InChI=1S/C19H16N2O2S/c22-18(14-11-21(12-14)19(23)17-9-4-10-24-17)20-16-8-3-6-13-5-1-2-7-15(13)16/h1-10,14H,11-12H2,(H,20,22). The van der Waals surface area contributed by atoms with E-state index in [4.69, 9.17) is 0 Å². The minimum atomic E-state index is -0.145. The van der Waals surface area contributed by atoms with E-state index in [2.05, 4.69) is 5.32 Å². The quantitative estimate of drug-likeness (QED) is 0.794. The number of hydrogen-bond donors (Lipinski definition) is 1. The van der Waals surface area contributed by atoms with Crippen molar-refractivity contribution in [1.29, 1.82) is 0 Å². The van der Waals surface area contributed by atoms with E-state index in [1.54, 1.807) is 4.90 Å². The van der Waals surface area contributed by atoms with Crippen LogP contribution >= 0.6 is 11.3 Å². The Hall–Kier alpha value is -2.66. The molecule has 2 amide bonds. The lowest BCUT2D eigenvalue weighted by Gasteiger charge is -2.38. The Bertz CT molecular complexity index is 893. The van der Waals surface area contributed by atoms with Gasteiger partial charge in [0.05, 0.1) is 10.8 Å². The van der Waals surface area contributed by atoms with E-state index in [0.29, 0.717) is 13.1 Å². The summed E-state index contributed by atoms with van der Waals surface area (Å²) >= 11 is 1.43. The second-order valence-electron chi connectivity index (χ2n) is 5.90. The molecule has 0 atom stereocenters. The molecule has 0 unspecified atom stereocenters. The summed E-state index contributed by atoms with van der Waals surface area (Å²) < 4.78 is 0. The molecule has 120 valence electrons. The number of nitrogens with zero attached hydrogens (tertiary/aromatic N) is 1. The lowest BCUT2D eigenvalue weighted by atomic mass is 9.98. The molecule has 5 heteroatoms. The first-order chi connectivity index (χ1) is 11.7. The van der Waals surface area contributed by atoms with Gasteiger partial charge in [0, 0.05) is 24.2 Å². The number of amides is 2. The highest BCUT2D eigenvalue weighted by Gasteiger charge is 2.36. The molecule has 1 aliphatic heterocycles. The molecule has 0 bridgehead atoms. The molecule has 4 nitrogen and oxygen atoms in total. The topological polar surface area (TPSA) is 49.4 Å². The van der Waals surface area contributed by atoms with Crippen LogP contribution in [0.15, 0.2) is 60.0 Å². The van der Waals surface area contributed by atoms with Gasteiger partial charge in [0.25, 0.3) is 5.91 Å². The lowest BCUT2D eigenvalue weighted by Crippen LogP contribution is -2.54. The van der Waals surface area contributed by atoms with Crippen LogP contribution in [0.25, 0.3) is 10.8 Å². The van der Waals surface area contributed by atoms with Crippen molar-refractivity contribution >= 4 is 39.6 Å². The zero-order valence-corrected chi connectivity index (χ0v) is 13.8. The average Bonchev–Trinajstić information content (AvgIpc) is 3.08. The molecule has 2 aromatic carbocycles. The van der Waals surface area contributed by atoms with Gasteiger partial charge in [0.1, 0.15) is 0 Å². The number of likely N-dealkylation sites (tertiary alicyclic amines) is 1. The van der Waals surface area contributed by atoms with E-state index >= 15 is 0 Å². The maximum absolute atomic E-state index is 12.4. The van der Waals surface area contributed by atoms with Crippen molar-refractivity contribution in [3.8, 4) is 0 Å². The van der Waals surface area contributed by atoms with E-state index in [9.17, 15) is 9.59 Å². The minimum Gasteiger partial charge on any atom is -0.336 e. The molecule has 0 saturated carbocycles. The average molecular weight is 336 g/mol. The van der Waals surface area contributed by atoms with Gasteiger partial charge in [-0.15, -0.1) is 11.3 Å². The van der Waals surface area contributed by atoms with Crippen LogP contribution in [0.2, 0.25) is 0 Å². The van der Waals surface area contributed by atoms with E-state index in [1.807, 2.05) is 60.0 Å². The number of anilines is 1. The zero-order valence-electron chi connectivity index (χ0n) is 12.9. The monoisotopic (exact) mass is 336 g/mol. The lowest BCUT2D eigenvalue weighted by molar-refractivity contribution is -0.123. The van der Waals surface area contributed by atoms with Crippen molar-refractivity contribution in [1.82, 2.24) is 4.90 Å². The van der Waals surface area contributed by atoms with Gasteiger partial charge in [0.15, 0.2) is 0 Å². The molecule has 1 saturated heterocycles. The van der Waals surface area contributed by atoms with Crippen LogP contribution in [0.4, 0.5) is 5.69 Å². The summed E-state index contributed by atoms with van der Waals surface area (Å²) in [5.41, 5.74) is 0.820. The van der Waals surface area contributed by atoms with E-state index in [0.717, 1.165) is 21.3 Å². The molecule has 4 rings (SSSR count). The highest BCUT2D eigenvalue weighted by Crippen LogP contribution is 2.26. The van der Waals surface area contributed by atoms with Crippen LogP contribution in [0.5, 0.6) is 0 Å². The molecule has 1 aliphatic rings. The Labute approximate surface area is 143 Å². The van der Waals surface area contributed by atoms with Gasteiger partial charge in [-0.05, 0) is 22.9 Å². The Morgan fingerprint density at radius 3 is 2.58 bits per heavy atom. The maximum Gasteiger partial charge on any atom is 0.263 e. The molecule has 1 N–H and O–H groups in total. The third-order valence-electron chi connectivity index (χ3n) is 4.32. The number of rotatable bonds is 3. The number of thiophene rings is 1. The molecular weight excluding hydrogens is 320 g/mol. The van der Waals surface area contributed by atoms with Gasteiger partial charge in [-0.25, -0.2) is 0 Å². The van der Waals surface area contributed by atoms with Gasteiger partial charge < -0.3 is 10.2 Å². The summed E-state index contributed by atoms with van der Waals surface area (Å²) in [6, 6.07) is 17.5. The normalized spacial score (nSPS) is 14.4. The van der Waals surface area contributed by atoms with E-state index in [-0.39, 0.29) is 17.7 Å². The summed E-state index contributed by atoms with van der Waals surface area (Å²) in [6.07, 6.45) is 0. The molecule has 2 heterocycles. The van der Waals surface area contributed by atoms with Gasteiger partial charge in [-0.3, -0.25) is 9.59 Å². The number of nitrogens with one attached hydrogen (secondary N) is 1. The Morgan fingerprint density at radius 1 is 1.00 bits per heavy atom. The second kappa shape index (κ2) is 6.09. The molecule has 0 aliphatic carbocycles. The predicted octanol–water partition coefficient (Wildman–Crippen LogP) is 3.61. The van der Waals surface area contributed by atoms with E-state index < -0.39 is 0 Å². The Kier molecular flexibility index (Phi) is 3.78. The van der Waals surface area contributed by atoms with Crippen LogP contribution < -0.4 is 5.32 Å². The highest BCUT2D eigenvalue weighted by atomic mass is 32.1. The number of carbonyl (C=O) groups is 2.